The van der Waals surface area contributed by atoms with E-state index in [0.717, 1.165) is 0 Å². The first-order valence-electron chi connectivity index (χ1n) is 7.45. The summed E-state index contributed by atoms with van der Waals surface area (Å²) in [5.74, 6) is 1.51. The molecule has 2 heteroatoms. The molecule has 1 unspecified atom stereocenters. The van der Waals surface area contributed by atoms with Gasteiger partial charge in [-0.3, -0.25) is 4.79 Å². The van der Waals surface area contributed by atoms with Gasteiger partial charge in [0.1, 0.15) is 5.75 Å². The van der Waals surface area contributed by atoms with E-state index in [-0.39, 0.29) is 11.9 Å². The van der Waals surface area contributed by atoms with Crippen LogP contribution in [0.3, 0.4) is 0 Å². The van der Waals surface area contributed by atoms with E-state index in [0.29, 0.717) is 17.6 Å². The fraction of sp³-hybridized carbons (Fsp3) is 0.588. The van der Waals surface area contributed by atoms with E-state index in [1.807, 2.05) is 30.3 Å². The summed E-state index contributed by atoms with van der Waals surface area (Å²) in [6.45, 7) is 4.26. The summed E-state index contributed by atoms with van der Waals surface area (Å²) >= 11 is 0. The Morgan fingerprint density at radius 3 is 2.32 bits per heavy atom. The first-order chi connectivity index (χ1) is 9.18. The van der Waals surface area contributed by atoms with E-state index >= 15 is 0 Å². The molecule has 0 amide bonds. The van der Waals surface area contributed by atoms with E-state index in [9.17, 15) is 4.79 Å². The molecule has 0 heterocycles. The van der Waals surface area contributed by atoms with Crippen molar-refractivity contribution in [1.29, 1.82) is 0 Å². The van der Waals surface area contributed by atoms with Gasteiger partial charge < -0.3 is 4.74 Å². The van der Waals surface area contributed by atoms with E-state index in [1.165, 1.54) is 32.1 Å². The highest BCUT2D eigenvalue weighted by molar-refractivity contribution is 5.75. The molecule has 1 atom stereocenters. The van der Waals surface area contributed by atoms with Crippen LogP contribution in [0.5, 0.6) is 5.75 Å². The van der Waals surface area contributed by atoms with Gasteiger partial charge in [0, 0.05) is 0 Å². The zero-order chi connectivity index (χ0) is 13.7. The minimum absolute atomic E-state index is 0.0421. The van der Waals surface area contributed by atoms with Crippen molar-refractivity contribution < 1.29 is 9.53 Å². The number of hydrogen-bond donors (Lipinski definition) is 0. The standard InChI is InChI=1S/C17H24O2/c1-13(2)16(14-9-5-3-6-10-14)17(18)19-15-11-7-4-8-12-15/h4,7-8,11-14,16H,3,5-6,9-10H2,1-2H3. The summed E-state index contributed by atoms with van der Waals surface area (Å²) in [5, 5.41) is 0. The Labute approximate surface area is 116 Å². The molecule has 2 nitrogen and oxygen atoms in total. The van der Waals surface area contributed by atoms with Crippen molar-refractivity contribution in [3.8, 4) is 5.75 Å². The largest absolute Gasteiger partial charge is 0.426 e. The lowest BCUT2D eigenvalue weighted by molar-refractivity contribution is -0.143. The van der Waals surface area contributed by atoms with Gasteiger partial charge in [-0.25, -0.2) is 0 Å². The zero-order valence-electron chi connectivity index (χ0n) is 12.0. The average Bonchev–Trinajstić information content (AvgIpc) is 2.40. The topological polar surface area (TPSA) is 26.3 Å². The smallest absolute Gasteiger partial charge is 0.314 e. The van der Waals surface area contributed by atoms with E-state index in [1.54, 1.807) is 0 Å². The first-order valence-corrected chi connectivity index (χ1v) is 7.45. The van der Waals surface area contributed by atoms with Crippen LogP contribution in [0.25, 0.3) is 0 Å². The number of carbonyl (C=O) groups excluding carboxylic acids is 1. The minimum atomic E-state index is -0.0481. The predicted molar refractivity (Wildman–Crippen MR) is 77.0 cm³/mol. The van der Waals surface area contributed by atoms with Crippen molar-refractivity contribution in [2.45, 2.75) is 46.0 Å². The summed E-state index contributed by atoms with van der Waals surface area (Å²) in [6, 6.07) is 9.41. The van der Waals surface area contributed by atoms with Crippen molar-refractivity contribution >= 4 is 5.97 Å². The molecular weight excluding hydrogens is 236 g/mol. The second-order valence-corrected chi connectivity index (χ2v) is 5.90. The van der Waals surface area contributed by atoms with Crippen molar-refractivity contribution in [2.75, 3.05) is 0 Å². The zero-order valence-corrected chi connectivity index (χ0v) is 12.0. The summed E-state index contributed by atoms with van der Waals surface area (Å²) in [7, 11) is 0. The van der Waals surface area contributed by atoms with Crippen LogP contribution in [0.1, 0.15) is 46.0 Å². The molecule has 0 spiro atoms. The summed E-state index contributed by atoms with van der Waals surface area (Å²) < 4.78 is 5.55. The lowest BCUT2D eigenvalue weighted by atomic mass is 9.75. The molecule has 19 heavy (non-hydrogen) atoms. The second kappa shape index (κ2) is 6.74. The third-order valence-electron chi connectivity index (χ3n) is 4.11. The molecule has 1 saturated carbocycles. The van der Waals surface area contributed by atoms with Gasteiger partial charge in [0.2, 0.25) is 0 Å². The Bertz CT molecular complexity index is 391. The Hall–Kier alpha value is -1.31. The van der Waals surface area contributed by atoms with Gasteiger partial charge in [-0.2, -0.15) is 0 Å². The van der Waals surface area contributed by atoms with E-state index < -0.39 is 0 Å². The van der Waals surface area contributed by atoms with Gasteiger partial charge >= 0.3 is 5.97 Å². The van der Waals surface area contributed by atoms with Gasteiger partial charge in [-0.1, -0.05) is 51.3 Å². The van der Waals surface area contributed by atoms with E-state index in [4.69, 9.17) is 4.74 Å². The molecule has 1 aliphatic carbocycles. The Morgan fingerprint density at radius 1 is 1.11 bits per heavy atom. The molecule has 1 aliphatic rings. The molecule has 1 fully saturated rings. The normalized spacial score (nSPS) is 18.3. The first kappa shape index (κ1) is 14.1. The van der Waals surface area contributed by atoms with Crippen molar-refractivity contribution in [3.05, 3.63) is 30.3 Å². The van der Waals surface area contributed by atoms with E-state index in [2.05, 4.69) is 13.8 Å². The monoisotopic (exact) mass is 260 g/mol. The van der Waals surface area contributed by atoms with Gasteiger partial charge in [-0.05, 0) is 36.8 Å². The number of para-hydroxylation sites is 1. The molecule has 104 valence electrons. The van der Waals surface area contributed by atoms with Crippen LogP contribution in [0.2, 0.25) is 0 Å². The highest BCUT2D eigenvalue weighted by atomic mass is 16.5. The third kappa shape index (κ3) is 3.82. The Morgan fingerprint density at radius 2 is 1.74 bits per heavy atom. The molecule has 0 aliphatic heterocycles. The maximum absolute atomic E-state index is 12.4. The van der Waals surface area contributed by atoms with Crippen molar-refractivity contribution in [2.24, 2.45) is 17.8 Å². The number of rotatable bonds is 4. The van der Waals surface area contributed by atoms with Crippen LogP contribution in [0.4, 0.5) is 0 Å². The lowest BCUT2D eigenvalue weighted by Gasteiger charge is -2.31. The van der Waals surface area contributed by atoms with Crippen molar-refractivity contribution in [3.63, 3.8) is 0 Å². The van der Waals surface area contributed by atoms with Crippen LogP contribution in [-0.2, 0) is 4.79 Å². The average molecular weight is 260 g/mol. The minimum Gasteiger partial charge on any atom is -0.426 e. The van der Waals surface area contributed by atoms with Crippen LogP contribution >= 0.6 is 0 Å². The maximum Gasteiger partial charge on any atom is 0.314 e. The molecule has 1 aromatic rings. The van der Waals surface area contributed by atoms with Crippen molar-refractivity contribution in [1.82, 2.24) is 0 Å². The van der Waals surface area contributed by atoms with Gasteiger partial charge in [-0.15, -0.1) is 0 Å². The molecule has 2 rings (SSSR count). The number of hydrogen-bond acceptors (Lipinski definition) is 2. The molecule has 1 aromatic carbocycles. The van der Waals surface area contributed by atoms with Crippen LogP contribution in [0, 0.1) is 17.8 Å². The Kier molecular flexibility index (Phi) is 5.00. The highest BCUT2D eigenvalue weighted by Crippen LogP contribution is 2.34. The van der Waals surface area contributed by atoms with Gasteiger partial charge in [0.05, 0.1) is 5.92 Å². The van der Waals surface area contributed by atoms with Crippen LogP contribution in [-0.4, -0.2) is 5.97 Å². The fourth-order valence-electron chi connectivity index (χ4n) is 3.17. The predicted octanol–water partition coefficient (Wildman–Crippen LogP) is 4.44. The van der Waals surface area contributed by atoms with Gasteiger partial charge in [0.15, 0.2) is 0 Å². The number of carbonyl (C=O) groups is 1. The summed E-state index contributed by atoms with van der Waals surface area (Å²) in [6.07, 6.45) is 6.17. The quantitative estimate of drug-likeness (QED) is 0.590. The van der Waals surface area contributed by atoms with Crippen LogP contribution < -0.4 is 4.74 Å². The maximum atomic E-state index is 12.4. The molecule has 0 saturated heterocycles. The number of esters is 1. The highest BCUT2D eigenvalue weighted by Gasteiger charge is 2.33. The molecule has 0 aromatic heterocycles. The molecule has 0 N–H and O–H groups in total. The lowest BCUT2D eigenvalue weighted by Crippen LogP contribution is -2.33. The number of benzene rings is 1. The summed E-state index contributed by atoms with van der Waals surface area (Å²) in [5.41, 5.74) is 0. The summed E-state index contributed by atoms with van der Waals surface area (Å²) in [4.78, 5) is 12.4. The van der Waals surface area contributed by atoms with Crippen LogP contribution in [0.15, 0.2) is 30.3 Å². The SMILES string of the molecule is CC(C)C(C(=O)Oc1ccccc1)C1CCCCC1. The fourth-order valence-corrected chi connectivity index (χ4v) is 3.17. The molecular formula is C17H24O2. The number of ether oxygens (including phenoxy) is 1. The third-order valence-corrected chi connectivity index (χ3v) is 4.11. The van der Waals surface area contributed by atoms with Gasteiger partial charge in [0.25, 0.3) is 0 Å². The molecule has 0 radical (unpaired) electrons. The Balaban J connectivity index is 2.04. The molecule has 0 bridgehead atoms. The second-order valence-electron chi connectivity index (χ2n) is 5.90.